The van der Waals surface area contributed by atoms with Crippen LogP contribution in [0.15, 0.2) is 34.8 Å². The fourth-order valence-electron chi connectivity index (χ4n) is 2.11. The van der Waals surface area contributed by atoms with Crippen molar-refractivity contribution in [3.63, 3.8) is 0 Å². The minimum Gasteiger partial charge on any atom is -0.496 e. The van der Waals surface area contributed by atoms with Gasteiger partial charge in [0.2, 0.25) is 0 Å². The van der Waals surface area contributed by atoms with Gasteiger partial charge in [0.25, 0.3) is 0 Å². The van der Waals surface area contributed by atoms with Gasteiger partial charge in [0.05, 0.1) is 7.11 Å². The predicted octanol–water partition coefficient (Wildman–Crippen LogP) is 3.67. The van der Waals surface area contributed by atoms with Crippen LogP contribution in [0.2, 0.25) is 0 Å². The van der Waals surface area contributed by atoms with Crippen molar-refractivity contribution in [2.75, 3.05) is 13.7 Å². The molecule has 0 fully saturated rings. The Morgan fingerprint density at radius 1 is 1.29 bits per heavy atom. The fraction of sp³-hybridized carbons (Fsp3) is 0.286. The van der Waals surface area contributed by atoms with E-state index in [1.807, 2.05) is 6.07 Å². The normalized spacial score (nSPS) is 12.7. The van der Waals surface area contributed by atoms with E-state index < -0.39 is 0 Å². The van der Waals surface area contributed by atoms with Gasteiger partial charge in [0.15, 0.2) is 0 Å². The van der Waals surface area contributed by atoms with E-state index in [1.54, 1.807) is 7.11 Å². The maximum atomic E-state index is 5.78. The second kappa shape index (κ2) is 5.07. The van der Waals surface area contributed by atoms with E-state index in [4.69, 9.17) is 10.5 Å². The van der Waals surface area contributed by atoms with Gasteiger partial charge in [-0.15, -0.1) is 0 Å². The first-order valence-corrected chi connectivity index (χ1v) is 6.43. The molecule has 1 atom stereocenters. The summed E-state index contributed by atoms with van der Waals surface area (Å²) in [4.78, 5) is 0. The highest BCUT2D eigenvalue weighted by atomic mass is 79.9. The molecule has 90 valence electrons. The van der Waals surface area contributed by atoms with Gasteiger partial charge in [0.1, 0.15) is 5.75 Å². The summed E-state index contributed by atoms with van der Waals surface area (Å²) in [7, 11) is 1.70. The van der Waals surface area contributed by atoms with Crippen molar-refractivity contribution in [3.05, 3.63) is 40.4 Å². The first kappa shape index (κ1) is 12.4. The standard InChI is InChI=1S/C14H16BrNO/c1-9(8-16)14-12-5-4-11(15)7-10(12)3-6-13(14)17-2/h3-7,9H,8,16H2,1-2H3. The van der Waals surface area contributed by atoms with Crippen LogP contribution in [-0.4, -0.2) is 13.7 Å². The highest BCUT2D eigenvalue weighted by Gasteiger charge is 2.14. The Hall–Kier alpha value is -1.06. The molecule has 0 spiro atoms. The van der Waals surface area contributed by atoms with E-state index in [9.17, 15) is 0 Å². The summed E-state index contributed by atoms with van der Waals surface area (Å²) in [5.41, 5.74) is 6.98. The lowest BCUT2D eigenvalue weighted by molar-refractivity contribution is 0.408. The number of hydrogen-bond donors (Lipinski definition) is 1. The van der Waals surface area contributed by atoms with Crippen LogP contribution in [0.4, 0.5) is 0 Å². The molecule has 0 saturated carbocycles. The van der Waals surface area contributed by atoms with Gasteiger partial charge >= 0.3 is 0 Å². The number of benzene rings is 2. The molecule has 0 aromatic heterocycles. The molecule has 0 aliphatic carbocycles. The second-order valence-corrected chi connectivity index (χ2v) is 5.10. The Labute approximate surface area is 110 Å². The van der Waals surface area contributed by atoms with Crippen LogP contribution in [0, 0.1) is 0 Å². The monoisotopic (exact) mass is 293 g/mol. The highest BCUT2D eigenvalue weighted by Crippen LogP contribution is 2.34. The number of hydrogen-bond acceptors (Lipinski definition) is 2. The maximum Gasteiger partial charge on any atom is 0.123 e. The molecule has 2 nitrogen and oxygen atoms in total. The van der Waals surface area contributed by atoms with Gasteiger partial charge in [-0.1, -0.05) is 35.0 Å². The smallest absolute Gasteiger partial charge is 0.123 e. The fourth-order valence-corrected chi connectivity index (χ4v) is 2.49. The van der Waals surface area contributed by atoms with Crippen molar-refractivity contribution in [3.8, 4) is 5.75 Å². The number of nitrogens with two attached hydrogens (primary N) is 1. The molecule has 2 N–H and O–H groups in total. The van der Waals surface area contributed by atoms with E-state index in [2.05, 4.69) is 47.1 Å². The average Bonchev–Trinajstić information content (AvgIpc) is 2.36. The highest BCUT2D eigenvalue weighted by molar-refractivity contribution is 9.10. The Balaban J connectivity index is 2.74. The number of halogens is 1. The van der Waals surface area contributed by atoms with E-state index in [0.29, 0.717) is 6.54 Å². The van der Waals surface area contributed by atoms with E-state index in [1.165, 1.54) is 16.3 Å². The molecule has 0 bridgehead atoms. The Morgan fingerprint density at radius 3 is 2.71 bits per heavy atom. The van der Waals surface area contributed by atoms with E-state index >= 15 is 0 Å². The molecule has 1 unspecified atom stereocenters. The molecule has 17 heavy (non-hydrogen) atoms. The minimum atomic E-state index is 0.287. The molecular weight excluding hydrogens is 278 g/mol. The molecule has 2 aromatic rings. The van der Waals surface area contributed by atoms with Crippen molar-refractivity contribution in [2.45, 2.75) is 12.8 Å². The third-order valence-electron chi connectivity index (χ3n) is 3.05. The van der Waals surface area contributed by atoms with Crippen LogP contribution in [0.1, 0.15) is 18.4 Å². The summed E-state index contributed by atoms with van der Waals surface area (Å²) in [6.45, 7) is 2.74. The van der Waals surface area contributed by atoms with Crippen LogP contribution in [-0.2, 0) is 0 Å². The molecule has 0 aliphatic heterocycles. The summed E-state index contributed by atoms with van der Waals surface area (Å²) in [5, 5.41) is 2.42. The average molecular weight is 294 g/mol. The summed E-state index contributed by atoms with van der Waals surface area (Å²) in [6, 6.07) is 10.4. The summed E-state index contributed by atoms with van der Waals surface area (Å²) in [6.07, 6.45) is 0. The van der Waals surface area contributed by atoms with Crippen LogP contribution < -0.4 is 10.5 Å². The lowest BCUT2D eigenvalue weighted by Crippen LogP contribution is -2.10. The largest absolute Gasteiger partial charge is 0.496 e. The van der Waals surface area contributed by atoms with Crippen molar-refractivity contribution < 1.29 is 4.74 Å². The molecule has 2 aromatic carbocycles. The zero-order valence-electron chi connectivity index (χ0n) is 10.0. The number of fused-ring (bicyclic) bond motifs is 1. The Morgan fingerprint density at radius 2 is 2.06 bits per heavy atom. The maximum absolute atomic E-state index is 5.78. The van der Waals surface area contributed by atoms with Gasteiger partial charge in [-0.05, 0) is 41.4 Å². The number of rotatable bonds is 3. The first-order valence-electron chi connectivity index (χ1n) is 5.63. The van der Waals surface area contributed by atoms with Gasteiger partial charge in [-0.2, -0.15) is 0 Å². The van der Waals surface area contributed by atoms with Gasteiger partial charge in [-0.3, -0.25) is 0 Å². The summed E-state index contributed by atoms with van der Waals surface area (Å²) in [5.74, 6) is 1.20. The van der Waals surface area contributed by atoms with Crippen LogP contribution in [0.5, 0.6) is 5.75 Å². The van der Waals surface area contributed by atoms with Crippen molar-refractivity contribution in [1.82, 2.24) is 0 Å². The van der Waals surface area contributed by atoms with Gasteiger partial charge in [0, 0.05) is 10.0 Å². The van der Waals surface area contributed by atoms with E-state index in [-0.39, 0.29) is 5.92 Å². The molecule has 0 saturated heterocycles. The lowest BCUT2D eigenvalue weighted by atomic mass is 9.94. The third-order valence-corrected chi connectivity index (χ3v) is 3.54. The summed E-state index contributed by atoms with van der Waals surface area (Å²) < 4.78 is 6.52. The lowest BCUT2D eigenvalue weighted by Gasteiger charge is -2.17. The van der Waals surface area contributed by atoms with Gasteiger partial charge < -0.3 is 10.5 Å². The minimum absolute atomic E-state index is 0.287. The predicted molar refractivity (Wildman–Crippen MR) is 75.7 cm³/mol. The number of ether oxygens (including phenoxy) is 1. The van der Waals surface area contributed by atoms with Crippen molar-refractivity contribution in [2.24, 2.45) is 5.73 Å². The molecular formula is C14H16BrNO. The quantitative estimate of drug-likeness (QED) is 0.937. The zero-order chi connectivity index (χ0) is 12.4. The van der Waals surface area contributed by atoms with Gasteiger partial charge in [-0.25, -0.2) is 0 Å². The molecule has 0 heterocycles. The Kier molecular flexibility index (Phi) is 3.69. The zero-order valence-corrected chi connectivity index (χ0v) is 11.6. The topological polar surface area (TPSA) is 35.2 Å². The van der Waals surface area contributed by atoms with Crippen molar-refractivity contribution >= 4 is 26.7 Å². The molecule has 0 radical (unpaired) electrons. The Bertz CT molecular complexity index is 539. The third kappa shape index (κ3) is 2.31. The molecule has 0 aliphatic rings. The number of methoxy groups -OCH3 is 1. The molecule has 0 amide bonds. The van der Waals surface area contributed by atoms with Crippen molar-refractivity contribution in [1.29, 1.82) is 0 Å². The molecule has 2 rings (SSSR count). The van der Waals surface area contributed by atoms with E-state index in [0.717, 1.165) is 10.2 Å². The van der Waals surface area contributed by atoms with Crippen LogP contribution in [0.25, 0.3) is 10.8 Å². The molecule has 3 heteroatoms. The first-order chi connectivity index (χ1) is 8.17. The second-order valence-electron chi connectivity index (χ2n) is 4.18. The summed E-state index contributed by atoms with van der Waals surface area (Å²) >= 11 is 3.49. The SMILES string of the molecule is COc1ccc2cc(Br)ccc2c1C(C)CN. The van der Waals surface area contributed by atoms with Crippen LogP contribution >= 0.6 is 15.9 Å². The van der Waals surface area contributed by atoms with Crippen LogP contribution in [0.3, 0.4) is 0 Å².